The predicted octanol–water partition coefficient (Wildman–Crippen LogP) is 3.64. The second kappa shape index (κ2) is 6.14. The second-order valence-electron chi connectivity index (χ2n) is 4.73. The molecule has 0 amide bonds. The number of nitrogens with zero attached hydrogens (tertiary/aromatic N) is 3. The highest BCUT2D eigenvalue weighted by Gasteiger charge is 2.15. The van der Waals surface area contributed by atoms with Crippen LogP contribution in [0.5, 0.6) is 5.88 Å². The van der Waals surface area contributed by atoms with Crippen molar-refractivity contribution in [1.29, 1.82) is 0 Å². The standard InChI is InChI=1S/C13H20N4OS/c1-4-5-6-7-9(2)17-11-10(16-13(17)19)12(18-3)15-8-14-11/h8-9H,4-7H2,1-3H3,(H,16,19). The van der Waals surface area contributed by atoms with Crippen LogP contribution < -0.4 is 4.74 Å². The predicted molar refractivity (Wildman–Crippen MR) is 78.1 cm³/mol. The lowest BCUT2D eigenvalue weighted by atomic mass is 10.1. The van der Waals surface area contributed by atoms with E-state index in [0.717, 1.165) is 17.6 Å². The summed E-state index contributed by atoms with van der Waals surface area (Å²) in [4.78, 5) is 11.6. The van der Waals surface area contributed by atoms with E-state index < -0.39 is 0 Å². The Kier molecular flexibility index (Phi) is 4.52. The number of nitrogens with one attached hydrogen (secondary N) is 1. The maximum Gasteiger partial charge on any atom is 0.242 e. The molecule has 0 radical (unpaired) electrons. The molecule has 6 heteroatoms. The maximum absolute atomic E-state index is 5.40. The molecule has 2 rings (SSSR count). The van der Waals surface area contributed by atoms with Gasteiger partial charge in [0.15, 0.2) is 10.4 Å². The number of imidazole rings is 1. The highest BCUT2D eigenvalue weighted by molar-refractivity contribution is 7.71. The Morgan fingerprint density at radius 2 is 2.21 bits per heavy atom. The van der Waals surface area contributed by atoms with Gasteiger partial charge in [-0.3, -0.25) is 4.57 Å². The minimum Gasteiger partial charge on any atom is -0.479 e. The van der Waals surface area contributed by atoms with Crippen molar-refractivity contribution in [3.63, 3.8) is 0 Å². The summed E-state index contributed by atoms with van der Waals surface area (Å²) in [7, 11) is 1.60. The van der Waals surface area contributed by atoms with Crippen molar-refractivity contribution in [1.82, 2.24) is 19.5 Å². The summed E-state index contributed by atoms with van der Waals surface area (Å²) in [6, 6.07) is 0.326. The topological polar surface area (TPSA) is 55.7 Å². The largest absolute Gasteiger partial charge is 0.479 e. The molecule has 0 saturated carbocycles. The van der Waals surface area contributed by atoms with E-state index in [4.69, 9.17) is 17.0 Å². The maximum atomic E-state index is 5.40. The number of aromatic nitrogens is 4. The van der Waals surface area contributed by atoms with Crippen molar-refractivity contribution in [3.05, 3.63) is 11.1 Å². The Bertz CT molecular complexity index is 604. The average molecular weight is 280 g/mol. The number of fused-ring (bicyclic) bond motifs is 1. The molecule has 104 valence electrons. The van der Waals surface area contributed by atoms with Gasteiger partial charge in [-0.2, -0.15) is 4.98 Å². The summed E-state index contributed by atoms with van der Waals surface area (Å²) in [5.74, 6) is 0.538. The summed E-state index contributed by atoms with van der Waals surface area (Å²) in [6.45, 7) is 4.38. The molecule has 0 spiro atoms. The zero-order valence-electron chi connectivity index (χ0n) is 11.6. The number of aromatic amines is 1. The molecule has 0 fully saturated rings. The van der Waals surface area contributed by atoms with E-state index in [9.17, 15) is 0 Å². The second-order valence-corrected chi connectivity index (χ2v) is 5.11. The van der Waals surface area contributed by atoms with Gasteiger partial charge >= 0.3 is 0 Å². The molecule has 1 atom stereocenters. The van der Waals surface area contributed by atoms with Crippen molar-refractivity contribution in [2.75, 3.05) is 7.11 Å². The summed E-state index contributed by atoms with van der Waals surface area (Å²) >= 11 is 5.40. The van der Waals surface area contributed by atoms with Crippen molar-refractivity contribution in [2.24, 2.45) is 0 Å². The van der Waals surface area contributed by atoms with Crippen LogP contribution in [0.15, 0.2) is 6.33 Å². The van der Waals surface area contributed by atoms with Gasteiger partial charge in [-0.05, 0) is 25.6 Å². The highest BCUT2D eigenvalue weighted by Crippen LogP contribution is 2.25. The molecule has 0 aromatic carbocycles. The van der Waals surface area contributed by atoms with Gasteiger partial charge in [0.1, 0.15) is 11.8 Å². The molecule has 0 saturated heterocycles. The van der Waals surface area contributed by atoms with Gasteiger partial charge < -0.3 is 9.72 Å². The van der Waals surface area contributed by atoms with Crippen LogP contribution >= 0.6 is 12.2 Å². The Labute approximate surface area is 118 Å². The molecular weight excluding hydrogens is 260 g/mol. The molecule has 0 aliphatic carbocycles. The SMILES string of the molecule is CCCCCC(C)n1c(=S)[nH]c2c(OC)ncnc21. The molecule has 1 unspecified atom stereocenters. The van der Waals surface area contributed by atoms with Crippen molar-refractivity contribution in [3.8, 4) is 5.88 Å². The quantitative estimate of drug-likeness (QED) is 0.648. The van der Waals surface area contributed by atoms with Crippen LogP contribution in [0, 0.1) is 4.77 Å². The molecular formula is C13H20N4OS. The van der Waals surface area contributed by atoms with Crippen LogP contribution in [0.3, 0.4) is 0 Å². The highest BCUT2D eigenvalue weighted by atomic mass is 32.1. The Morgan fingerprint density at radius 1 is 1.42 bits per heavy atom. The van der Waals surface area contributed by atoms with Crippen LogP contribution in [-0.4, -0.2) is 26.6 Å². The monoisotopic (exact) mass is 280 g/mol. The van der Waals surface area contributed by atoms with E-state index in [0.29, 0.717) is 16.7 Å². The van der Waals surface area contributed by atoms with E-state index in [1.54, 1.807) is 7.11 Å². The first-order valence-corrected chi connectivity index (χ1v) is 7.09. The lowest BCUT2D eigenvalue weighted by Crippen LogP contribution is -2.06. The minimum atomic E-state index is 0.326. The van der Waals surface area contributed by atoms with Crippen molar-refractivity contribution < 1.29 is 4.74 Å². The van der Waals surface area contributed by atoms with Crippen LogP contribution in [0.1, 0.15) is 45.6 Å². The fraction of sp³-hybridized carbons (Fsp3) is 0.615. The molecule has 0 aliphatic rings. The molecule has 2 aromatic heterocycles. The fourth-order valence-electron chi connectivity index (χ4n) is 2.30. The lowest BCUT2D eigenvalue weighted by Gasteiger charge is -2.13. The van der Waals surface area contributed by atoms with Gasteiger partial charge in [-0.25, -0.2) is 4.98 Å². The summed E-state index contributed by atoms with van der Waals surface area (Å²) in [6.07, 6.45) is 6.29. The van der Waals surface area contributed by atoms with Gasteiger partial charge in [-0.1, -0.05) is 26.2 Å². The van der Waals surface area contributed by atoms with Gasteiger partial charge in [0.05, 0.1) is 7.11 Å². The van der Waals surface area contributed by atoms with Gasteiger partial charge in [0, 0.05) is 6.04 Å². The van der Waals surface area contributed by atoms with Crippen LogP contribution in [-0.2, 0) is 0 Å². The summed E-state index contributed by atoms with van der Waals surface area (Å²) in [5.41, 5.74) is 1.60. The first-order valence-electron chi connectivity index (χ1n) is 6.68. The van der Waals surface area contributed by atoms with E-state index >= 15 is 0 Å². The van der Waals surface area contributed by atoms with E-state index in [-0.39, 0.29) is 0 Å². The van der Waals surface area contributed by atoms with Gasteiger partial charge in [0.25, 0.3) is 0 Å². The van der Waals surface area contributed by atoms with Gasteiger partial charge in [-0.15, -0.1) is 0 Å². The molecule has 2 heterocycles. The van der Waals surface area contributed by atoms with Crippen molar-refractivity contribution >= 4 is 23.4 Å². The fourth-order valence-corrected chi connectivity index (χ4v) is 2.67. The molecule has 2 aromatic rings. The number of hydrogen-bond donors (Lipinski definition) is 1. The third-order valence-electron chi connectivity index (χ3n) is 3.33. The van der Waals surface area contributed by atoms with Crippen LogP contribution in [0.2, 0.25) is 0 Å². The molecule has 0 aliphatic heterocycles. The average Bonchev–Trinajstić information content (AvgIpc) is 2.74. The smallest absolute Gasteiger partial charge is 0.242 e. The first-order chi connectivity index (χ1) is 9.19. The minimum absolute atomic E-state index is 0.326. The van der Waals surface area contributed by atoms with Crippen molar-refractivity contribution in [2.45, 2.75) is 45.6 Å². The Hall–Kier alpha value is -1.43. The molecule has 5 nitrogen and oxygen atoms in total. The Morgan fingerprint density at radius 3 is 2.89 bits per heavy atom. The number of methoxy groups -OCH3 is 1. The van der Waals surface area contributed by atoms with Crippen LogP contribution in [0.4, 0.5) is 0 Å². The van der Waals surface area contributed by atoms with Crippen LogP contribution in [0.25, 0.3) is 11.2 Å². The number of hydrogen-bond acceptors (Lipinski definition) is 4. The third-order valence-corrected chi connectivity index (χ3v) is 3.63. The summed E-state index contributed by atoms with van der Waals surface area (Å²) < 4.78 is 7.97. The third kappa shape index (κ3) is 2.78. The van der Waals surface area contributed by atoms with E-state index in [1.165, 1.54) is 25.6 Å². The molecule has 1 N–H and O–H groups in total. The Balaban J connectivity index is 2.37. The van der Waals surface area contributed by atoms with E-state index in [1.807, 2.05) is 0 Å². The summed E-state index contributed by atoms with van der Waals surface area (Å²) in [5, 5.41) is 0. The number of H-pyrrole nitrogens is 1. The molecule has 19 heavy (non-hydrogen) atoms. The molecule has 0 bridgehead atoms. The van der Waals surface area contributed by atoms with E-state index in [2.05, 4.69) is 33.4 Å². The number of ether oxygens (including phenoxy) is 1. The normalized spacial score (nSPS) is 12.8. The van der Waals surface area contributed by atoms with Gasteiger partial charge in [0.2, 0.25) is 5.88 Å². The lowest BCUT2D eigenvalue weighted by molar-refractivity contribution is 0.401. The zero-order chi connectivity index (χ0) is 13.8. The number of rotatable bonds is 6. The first kappa shape index (κ1) is 14.0. The number of unbranched alkanes of at least 4 members (excludes halogenated alkanes) is 2. The zero-order valence-corrected chi connectivity index (χ0v) is 12.5.